The molecule has 26 heavy (non-hydrogen) atoms. The van der Waals surface area contributed by atoms with Crippen LogP contribution in [0.4, 0.5) is 0 Å². The van der Waals surface area contributed by atoms with Gasteiger partial charge in [0.05, 0.1) is 5.75 Å². The molecule has 0 saturated carbocycles. The summed E-state index contributed by atoms with van der Waals surface area (Å²) >= 11 is 12.1. The molecule has 0 aliphatic carbocycles. The molecule has 0 aliphatic rings. The summed E-state index contributed by atoms with van der Waals surface area (Å²) in [7, 11) is -3.57. The first-order chi connectivity index (χ1) is 12.4. The molecule has 0 amide bonds. The molecule has 8 heteroatoms. The van der Waals surface area contributed by atoms with Gasteiger partial charge in [-0.15, -0.1) is 0 Å². The molecule has 2 aromatic carbocycles. The normalized spacial score (nSPS) is 11.7. The Morgan fingerprint density at radius 1 is 1.08 bits per heavy atom. The Balaban J connectivity index is 1.67. The fraction of sp³-hybridized carbons (Fsp3) is 0.167. The third kappa shape index (κ3) is 4.45. The number of aromatic nitrogens is 2. The van der Waals surface area contributed by atoms with Crippen molar-refractivity contribution >= 4 is 33.2 Å². The van der Waals surface area contributed by atoms with Crippen LogP contribution in [-0.2, 0) is 22.3 Å². The number of sulfonamides is 1. The Morgan fingerprint density at radius 2 is 1.73 bits per heavy atom. The van der Waals surface area contributed by atoms with Gasteiger partial charge in [0, 0.05) is 40.2 Å². The van der Waals surface area contributed by atoms with Crippen molar-refractivity contribution in [1.82, 2.24) is 14.3 Å². The van der Waals surface area contributed by atoms with Crippen molar-refractivity contribution in [2.45, 2.75) is 19.2 Å². The molecule has 0 aliphatic heterocycles. The van der Waals surface area contributed by atoms with E-state index >= 15 is 0 Å². The van der Waals surface area contributed by atoms with E-state index in [1.54, 1.807) is 24.4 Å². The number of aryl methyl sites for hydroxylation is 1. The zero-order chi connectivity index (χ0) is 18.7. The summed E-state index contributed by atoms with van der Waals surface area (Å²) in [6.07, 6.45) is 3.61. The number of imidazole rings is 1. The van der Waals surface area contributed by atoms with E-state index in [0.717, 1.165) is 17.1 Å². The van der Waals surface area contributed by atoms with Crippen LogP contribution in [-0.4, -0.2) is 18.0 Å². The van der Waals surface area contributed by atoms with Gasteiger partial charge in [-0.05, 0) is 36.8 Å². The lowest BCUT2D eigenvalue weighted by atomic mass is 10.2. The molecule has 1 heterocycles. The van der Waals surface area contributed by atoms with Crippen LogP contribution >= 0.6 is 23.2 Å². The molecule has 3 aromatic rings. The maximum Gasteiger partial charge on any atom is 0.216 e. The average molecular weight is 410 g/mol. The lowest BCUT2D eigenvalue weighted by Crippen LogP contribution is -2.25. The van der Waals surface area contributed by atoms with E-state index in [2.05, 4.69) is 9.71 Å². The molecule has 5 nitrogen and oxygen atoms in total. The summed E-state index contributed by atoms with van der Waals surface area (Å²) < 4.78 is 29.2. The van der Waals surface area contributed by atoms with Crippen LogP contribution in [0.1, 0.15) is 17.0 Å². The minimum Gasteiger partial charge on any atom is -0.304 e. The summed E-state index contributed by atoms with van der Waals surface area (Å²) in [4.78, 5) is 4.19. The van der Waals surface area contributed by atoms with Crippen LogP contribution < -0.4 is 4.72 Å². The predicted octanol–water partition coefficient (Wildman–Crippen LogP) is 4.11. The quantitative estimate of drug-likeness (QED) is 0.665. The predicted molar refractivity (Wildman–Crippen MR) is 104 cm³/mol. The maximum atomic E-state index is 12.3. The van der Waals surface area contributed by atoms with Crippen molar-refractivity contribution in [2.24, 2.45) is 0 Å². The standard InChI is InChI=1S/C18H17Cl2N3O2S/c1-13-21-9-10-23(13)15-7-5-14(6-8-15)11-22-26(24,25)12-16-17(19)3-2-4-18(16)20/h2-10,22H,11-12H2,1H3. The highest BCUT2D eigenvalue weighted by molar-refractivity contribution is 7.88. The van der Waals surface area contributed by atoms with Crippen molar-refractivity contribution < 1.29 is 8.42 Å². The van der Waals surface area contributed by atoms with Gasteiger partial charge < -0.3 is 4.57 Å². The molecule has 1 aromatic heterocycles. The number of nitrogens with one attached hydrogen (secondary N) is 1. The van der Waals surface area contributed by atoms with Crippen LogP contribution in [0.2, 0.25) is 10.0 Å². The number of halogens is 2. The van der Waals surface area contributed by atoms with Gasteiger partial charge in [0.25, 0.3) is 0 Å². The van der Waals surface area contributed by atoms with Crippen molar-refractivity contribution in [3.63, 3.8) is 0 Å². The smallest absolute Gasteiger partial charge is 0.216 e. The molecular formula is C18H17Cl2N3O2S. The fourth-order valence-corrected chi connectivity index (χ4v) is 4.40. The zero-order valence-electron chi connectivity index (χ0n) is 14.0. The number of rotatable bonds is 6. The van der Waals surface area contributed by atoms with E-state index in [1.165, 1.54) is 0 Å². The fourth-order valence-electron chi connectivity index (χ4n) is 2.53. The Morgan fingerprint density at radius 3 is 2.31 bits per heavy atom. The second-order valence-corrected chi connectivity index (χ2v) is 8.41. The van der Waals surface area contributed by atoms with Crippen molar-refractivity contribution in [3.05, 3.63) is 81.9 Å². The first-order valence-electron chi connectivity index (χ1n) is 7.85. The lowest BCUT2D eigenvalue weighted by Gasteiger charge is -2.10. The largest absolute Gasteiger partial charge is 0.304 e. The van der Waals surface area contributed by atoms with Crippen molar-refractivity contribution in [3.8, 4) is 5.69 Å². The number of nitrogens with zero attached hydrogens (tertiary/aromatic N) is 2. The monoisotopic (exact) mass is 409 g/mol. The maximum absolute atomic E-state index is 12.3. The third-order valence-corrected chi connectivity index (χ3v) is 5.89. The van der Waals surface area contributed by atoms with Crippen LogP contribution in [0.25, 0.3) is 5.69 Å². The van der Waals surface area contributed by atoms with Gasteiger partial charge in [0.1, 0.15) is 5.82 Å². The van der Waals surface area contributed by atoms with Gasteiger partial charge in [0.2, 0.25) is 10.0 Å². The number of hydrogen-bond donors (Lipinski definition) is 1. The zero-order valence-corrected chi connectivity index (χ0v) is 16.3. The molecule has 0 saturated heterocycles. The van der Waals surface area contributed by atoms with Gasteiger partial charge in [-0.3, -0.25) is 0 Å². The van der Waals surface area contributed by atoms with E-state index in [4.69, 9.17) is 23.2 Å². The second kappa shape index (κ2) is 7.80. The molecule has 0 radical (unpaired) electrons. The van der Waals surface area contributed by atoms with Crippen LogP contribution in [0.3, 0.4) is 0 Å². The van der Waals surface area contributed by atoms with E-state index < -0.39 is 10.0 Å². The number of benzene rings is 2. The minimum atomic E-state index is -3.57. The Kier molecular flexibility index (Phi) is 5.67. The molecule has 1 N–H and O–H groups in total. The van der Waals surface area contributed by atoms with Crippen LogP contribution in [0.5, 0.6) is 0 Å². The highest BCUT2D eigenvalue weighted by atomic mass is 35.5. The summed E-state index contributed by atoms with van der Waals surface area (Å²) in [6.45, 7) is 2.11. The van der Waals surface area contributed by atoms with Crippen molar-refractivity contribution in [2.75, 3.05) is 0 Å². The van der Waals surface area contributed by atoms with Crippen LogP contribution in [0, 0.1) is 6.92 Å². The van der Waals surface area contributed by atoms with Gasteiger partial charge in [-0.25, -0.2) is 18.1 Å². The first kappa shape index (κ1) is 18.9. The topological polar surface area (TPSA) is 64.0 Å². The molecule has 0 atom stereocenters. The molecule has 0 bridgehead atoms. The van der Waals surface area contributed by atoms with Gasteiger partial charge >= 0.3 is 0 Å². The summed E-state index contributed by atoms with van der Waals surface area (Å²) in [5.41, 5.74) is 2.21. The summed E-state index contributed by atoms with van der Waals surface area (Å²) in [6, 6.07) is 12.5. The number of hydrogen-bond acceptors (Lipinski definition) is 3. The van der Waals surface area contributed by atoms with Gasteiger partial charge in [-0.1, -0.05) is 41.4 Å². The SMILES string of the molecule is Cc1nccn1-c1ccc(CNS(=O)(=O)Cc2c(Cl)cccc2Cl)cc1. The van der Waals surface area contributed by atoms with Crippen LogP contribution in [0.15, 0.2) is 54.9 Å². The van der Waals surface area contributed by atoms with E-state index in [0.29, 0.717) is 15.6 Å². The molecule has 0 unspecified atom stereocenters. The Labute approximate surface area is 162 Å². The molecule has 0 fully saturated rings. The van der Waals surface area contributed by atoms with E-state index in [-0.39, 0.29) is 12.3 Å². The second-order valence-electron chi connectivity index (χ2n) is 5.79. The highest BCUT2D eigenvalue weighted by Crippen LogP contribution is 2.26. The minimum absolute atomic E-state index is 0.188. The molecule has 0 spiro atoms. The van der Waals surface area contributed by atoms with E-state index in [9.17, 15) is 8.42 Å². The third-order valence-electron chi connectivity index (χ3n) is 3.93. The highest BCUT2D eigenvalue weighted by Gasteiger charge is 2.16. The average Bonchev–Trinajstić information content (AvgIpc) is 3.03. The van der Waals surface area contributed by atoms with E-state index in [1.807, 2.05) is 42.0 Å². The summed E-state index contributed by atoms with van der Waals surface area (Å²) in [5.74, 6) is 0.618. The van der Waals surface area contributed by atoms with Crippen molar-refractivity contribution in [1.29, 1.82) is 0 Å². The molecule has 3 rings (SSSR count). The molecule has 136 valence electrons. The van der Waals surface area contributed by atoms with Gasteiger partial charge in [0.15, 0.2) is 0 Å². The Bertz CT molecular complexity index is 995. The summed E-state index contributed by atoms with van der Waals surface area (Å²) in [5, 5.41) is 0.672. The molecular weight excluding hydrogens is 393 g/mol. The first-order valence-corrected chi connectivity index (χ1v) is 10.3. The Hall–Kier alpha value is -1.86. The van der Waals surface area contributed by atoms with Gasteiger partial charge in [-0.2, -0.15) is 0 Å². The lowest BCUT2D eigenvalue weighted by molar-refractivity contribution is 0.580.